The number of pyridine rings is 1. The maximum absolute atomic E-state index is 13.8. The van der Waals surface area contributed by atoms with Gasteiger partial charge in [-0.15, -0.1) is 0 Å². The van der Waals surface area contributed by atoms with E-state index < -0.39 is 38.0 Å². The minimum Gasteiger partial charge on any atom is -0.381 e. The molecule has 0 spiro atoms. The quantitative estimate of drug-likeness (QED) is 0.444. The standard InChI is InChI=1S/C24H26F2N6O4S/c1-24(2)21-18(13-32(24)37(34,35)17-11-14(25)10-15(26)12-17)22(31-30-21)29-23(33)20-19(4-3-7-27-20)28-16-5-8-36-9-6-16/h3-4,7,10-12,16,28H,5-6,8-9,13H2,1-2H3,(H2,29,30,31,33). The number of hydrogen-bond acceptors (Lipinski definition) is 7. The topological polar surface area (TPSA) is 129 Å². The number of hydrogen-bond donors (Lipinski definition) is 3. The van der Waals surface area contributed by atoms with Gasteiger partial charge in [-0.1, -0.05) is 0 Å². The summed E-state index contributed by atoms with van der Waals surface area (Å²) < 4.78 is 60.8. The van der Waals surface area contributed by atoms with E-state index in [4.69, 9.17) is 4.74 Å². The number of anilines is 2. The van der Waals surface area contributed by atoms with Crippen molar-refractivity contribution in [2.75, 3.05) is 23.8 Å². The van der Waals surface area contributed by atoms with Crippen molar-refractivity contribution in [3.63, 3.8) is 0 Å². The number of H-pyrrole nitrogens is 1. The summed E-state index contributed by atoms with van der Waals surface area (Å²) in [5.74, 6) is -2.36. The molecule has 37 heavy (non-hydrogen) atoms. The van der Waals surface area contributed by atoms with E-state index in [9.17, 15) is 22.0 Å². The molecule has 0 bridgehead atoms. The van der Waals surface area contributed by atoms with Crippen LogP contribution in [0.2, 0.25) is 0 Å². The van der Waals surface area contributed by atoms with E-state index in [2.05, 4.69) is 25.8 Å². The average Bonchev–Trinajstić information content (AvgIpc) is 3.37. The van der Waals surface area contributed by atoms with Crippen LogP contribution in [0.15, 0.2) is 41.4 Å². The van der Waals surface area contributed by atoms with E-state index in [0.717, 1.165) is 29.3 Å². The Labute approximate surface area is 212 Å². The minimum absolute atomic E-state index is 0.145. The zero-order chi connectivity index (χ0) is 26.4. The predicted molar refractivity (Wildman–Crippen MR) is 130 cm³/mol. The van der Waals surface area contributed by atoms with Crippen LogP contribution in [0.1, 0.15) is 48.4 Å². The molecule has 1 fully saturated rings. The molecule has 0 aliphatic carbocycles. The Balaban J connectivity index is 1.40. The molecule has 0 radical (unpaired) electrons. The molecule has 196 valence electrons. The maximum atomic E-state index is 13.8. The van der Waals surface area contributed by atoms with E-state index >= 15 is 0 Å². The Morgan fingerprint density at radius 3 is 2.59 bits per heavy atom. The lowest BCUT2D eigenvalue weighted by atomic mass is 10.0. The van der Waals surface area contributed by atoms with Crippen molar-refractivity contribution in [2.45, 2.75) is 49.7 Å². The van der Waals surface area contributed by atoms with Gasteiger partial charge in [-0.25, -0.2) is 22.2 Å². The van der Waals surface area contributed by atoms with E-state index in [0.29, 0.717) is 36.2 Å². The molecule has 0 saturated carbocycles. The number of sulfonamides is 1. The van der Waals surface area contributed by atoms with Crippen LogP contribution in [0.4, 0.5) is 20.3 Å². The molecule has 0 atom stereocenters. The molecular weight excluding hydrogens is 506 g/mol. The van der Waals surface area contributed by atoms with Gasteiger partial charge in [0, 0.05) is 43.6 Å². The lowest BCUT2D eigenvalue weighted by molar-refractivity contribution is 0.0904. The first-order chi connectivity index (χ1) is 17.6. The zero-order valence-electron chi connectivity index (χ0n) is 20.2. The second kappa shape index (κ2) is 9.47. The Bertz CT molecular complexity index is 1430. The van der Waals surface area contributed by atoms with Crippen molar-refractivity contribution in [3.8, 4) is 0 Å². The van der Waals surface area contributed by atoms with Gasteiger partial charge in [-0.3, -0.25) is 9.89 Å². The van der Waals surface area contributed by atoms with Gasteiger partial charge in [-0.2, -0.15) is 9.40 Å². The molecule has 10 nitrogen and oxygen atoms in total. The summed E-state index contributed by atoms with van der Waals surface area (Å²) >= 11 is 0. The molecule has 3 aromatic rings. The smallest absolute Gasteiger partial charge is 0.277 e. The Hall–Kier alpha value is -3.42. The number of benzene rings is 1. The number of aromatic amines is 1. The summed E-state index contributed by atoms with van der Waals surface area (Å²) in [6.45, 7) is 4.39. The van der Waals surface area contributed by atoms with Gasteiger partial charge in [0.15, 0.2) is 11.5 Å². The fraction of sp³-hybridized carbons (Fsp3) is 0.375. The number of carbonyl (C=O) groups excluding carboxylic acids is 1. The Morgan fingerprint density at radius 2 is 1.89 bits per heavy atom. The van der Waals surface area contributed by atoms with Gasteiger partial charge in [0.2, 0.25) is 10.0 Å². The molecule has 5 rings (SSSR count). The number of nitrogens with zero attached hydrogens (tertiary/aromatic N) is 3. The first kappa shape index (κ1) is 25.2. The molecule has 0 unspecified atom stereocenters. The zero-order valence-corrected chi connectivity index (χ0v) is 21.0. The molecule has 2 aliphatic rings. The monoisotopic (exact) mass is 532 g/mol. The van der Waals surface area contributed by atoms with Gasteiger partial charge in [0.1, 0.15) is 11.6 Å². The van der Waals surface area contributed by atoms with Crippen LogP contribution >= 0.6 is 0 Å². The Morgan fingerprint density at radius 1 is 1.19 bits per heavy atom. The molecule has 3 N–H and O–H groups in total. The maximum Gasteiger partial charge on any atom is 0.277 e. The first-order valence-corrected chi connectivity index (χ1v) is 13.2. The number of carbonyl (C=O) groups is 1. The van der Waals surface area contributed by atoms with Crippen molar-refractivity contribution < 1.29 is 26.7 Å². The summed E-state index contributed by atoms with van der Waals surface area (Å²) in [4.78, 5) is 16.9. The lowest BCUT2D eigenvalue weighted by Crippen LogP contribution is -2.40. The van der Waals surface area contributed by atoms with Gasteiger partial charge in [0.25, 0.3) is 5.91 Å². The predicted octanol–water partition coefficient (Wildman–Crippen LogP) is 3.37. The summed E-state index contributed by atoms with van der Waals surface area (Å²) in [5.41, 5.74) is 0.520. The highest BCUT2D eigenvalue weighted by molar-refractivity contribution is 7.89. The third kappa shape index (κ3) is 4.69. The molecule has 13 heteroatoms. The van der Waals surface area contributed by atoms with Gasteiger partial charge < -0.3 is 15.4 Å². The molecule has 2 aromatic heterocycles. The normalized spacial score (nSPS) is 17.9. The van der Waals surface area contributed by atoms with E-state index in [1.54, 1.807) is 26.0 Å². The van der Waals surface area contributed by atoms with Crippen LogP contribution in [0.3, 0.4) is 0 Å². The lowest BCUT2D eigenvalue weighted by Gasteiger charge is -2.30. The van der Waals surface area contributed by atoms with Gasteiger partial charge in [0.05, 0.1) is 21.8 Å². The number of amides is 1. The number of ether oxygens (including phenoxy) is 1. The van der Waals surface area contributed by atoms with Crippen LogP contribution in [0.5, 0.6) is 0 Å². The molecule has 1 amide bonds. The van der Waals surface area contributed by atoms with E-state index in [1.807, 2.05) is 0 Å². The molecule has 1 saturated heterocycles. The Kier molecular flexibility index (Phi) is 6.46. The number of aromatic nitrogens is 3. The fourth-order valence-corrected chi connectivity index (χ4v) is 6.48. The van der Waals surface area contributed by atoms with Gasteiger partial charge >= 0.3 is 0 Å². The minimum atomic E-state index is -4.29. The summed E-state index contributed by atoms with van der Waals surface area (Å²) in [5, 5.41) is 13.1. The summed E-state index contributed by atoms with van der Waals surface area (Å²) in [6, 6.07) is 5.79. The van der Waals surface area contributed by atoms with Crippen molar-refractivity contribution in [3.05, 3.63) is 65.1 Å². The highest BCUT2D eigenvalue weighted by atomic mass is 32.2. The number of fused-ring (bicyclic) bond motifs is 1. The van der Waals surface area contributed by atoms with Crippen molar-refractivity contribution >= 4 is 27.4 Å². The van der Waals surface area contributed by atoms with Gasteiger partial charge in [-0.05, 0) is 51.0 Å². The van der Waals surface area contributed by atoms with Crippen LogP contribution in [-0.4, -0.2) is 53.1 Å². The first-order valence-electron chi connectivity index (χ1n) is 11.7. The third-order valence-corrected chi connectivity index (χ3v) is 8.66. The highest BCUT2D eigenvalue weighted by Crippen LogP contribution is 2.44. The number of nitrogens with one attached hydrogen (secondary N) is 3. The largest absolute Gasteiger partial charge is 0.381 e. The van der Waals surface area contributed by atoms with Crippen molar-refractivity contribution in [1.82, 2.24) is 19.5 Å². The average molecular weight is 533 g/mol. The molecular formula is C24H26F2N6O4S. The van der Waals surface area contributed by atoms with Crippen molar-refractivity contribution in [1.29, 1.82) is 0 Å². The fourth-order valence-electron chi connectivity index (χ4n) is 4.72. The number of rotatable bonds is 6. The third-order valence-electron chi connectivity index (χ3n) is 6.66. The molecule has 4 heterocycles. The van der Waals surface area contributed by atoms with Crippen LogP contribution < -0.4 is 10.6 Å². The second-order valence-corrected chi connectivity index (χ2v) is 11.3. The van der Waals surface area contributed by atoms with Crippen LogP contribution in [0, 0.1) is 11.6 Å². The highest BCUT2D eigenvalue weighted by Gasteiger charge is 2.48. The van der Waals surface area contributed by atoms with E-state index in [-0.39, 0.29) is 24.1 Å². The van der Waals surface area contributed by atoms with Crippen LogP contribution in [-0.2, 0) is 26.8 Å². The SMILES string of the molecule is CC1(C)c2[nH]nc(NC(=O)c3ncccc3NC3CCOCC3)c2CN1S(=O)(=O)c1cc(F)cc(F)c1. The molecule has 2 aliphatic heterocycles. The van der Waals surface area contributed by atoms with E-state index in [1.165, 1.54) is 6.20 Å². The second-order valence-electron chi connectivity index (χ2n) is 9.49. The van der Waals surface area contributed by atoms with Crippen LogP contribution in [0.25, 0.3) is 0 Å². The van der Waals surface area contributed by atoms with Crippen molar-refractivity contribution in [2.24, 2.45) is 0 Å². The number of halogens is 2. The molecule has 1 aromatic carbocycles. The summed E-state index contributed by atoms with van der Waals surface area (Å²) in [7, 11) is -4.29. The summed E-state index contributed by atoms with van der Waals surface area (Å²) in [6.07, 6.45) is 3.11.